The molecule has 1 aromatic carbocycles. The van der Waals surface area contributed by atoms with Gasteiger partial charge in [-0.2, -0.15) is 0 Å². The van der Waals surface area contributed by atoms with Crippen LogP contribution in [0.1, 0.15) is 40.6 Å². The number of esters is 1. The molecule has 3 heterocycles. The van der Waals surface area contributed by atoms with Crippen LogP contribution in [0.15, 0.2) is 48.7 Å². The Morgan fingerprint density at radius 1 is 1.07 bits per heavy atom. The molecule has 0 spiro atoms. The number of nitrogens with zero attached hydrogens (tertiary/aromatic N) is 3. The topological polar surface area (TPSA) is 62.7 Å². The van der Waals surface area contributed by atoms with E-state index in [0.717, 1.165) is 43.9 Å². The van der Waals surface area contributed by atoms with Crippen molar-refractivity contribution >= 4 is 11.9 Å². The Bertz CT molecular complexity index is 824. The molecule has 0 saturated carbocycles. The third kappa shape index (κ3) is 4.01. The van der Waals surface area contributed by atoms with Crippen LogP contribution in [0.2, 0.25) is 0 Å². The standard InChI is InChI=1S/C21H23N3O3/c25-20(14-19-17-7-1-2-8-18(17)21(26)27-19)24-11-5-10-23(12-13-24)15-16-6-3-4-9-22-16/h1-4,6-9,19H,5,10-15H2. The van der Waals surface area contributed by atoms with Gasteiger partial charge >= 0.3 is 5.97 Å². The highest BCUT2D eigenvalue weighted by atomic mass is 16.5. The minimum Gasteiger partial charge on any atom is -0.453 e. The number of carbonyl (C=O) groups excluding carboxylic acids is 2. The molecule has 1 unspecified atom stereocenters. The lowest BCUT2D eigenvalue weighted by molar-refractivity contribution is -0.133. The molecule has 0 bridgehead atoms. The highest BCUT2D eigenvalue weighted by Gasteiger charge is 2.33. The second-order valence-electron chi connectivity index (χ2n) is 7.02. The first-order chi connectivity index (χ1) is 13.2. The molecule has 1 saturated heterocycles. The Kier molecular flexibility index (Phi) is 5.16. The van der Waals surface area contributed by atoms with Crippen molar-refractivity contribution in [2.45, 2.75) is 25.5 Å². The van der Waals surface area contributed by atoms with Crippen molar-refractivity contribution in [3.63, 3.8) is 0 Å². The maximum absolute atomic E-state index is 12.8. The predicted molar refractivity (Wildman–Crippen MR) is 99.9 cm³/mol. The number of benzene rings is 1. The van der Waals surface area contributed by atoms with Crippen LogP contribution in [0, 0.1) is 0 Å². The summed E-state index contributed by atoms with van der Waals surface area (Å²) in [6.07, 6.45) is 2.49. The first-order valence-electron chi connectivity index (χ1n) is 9.40. The summed E-state index contributed by atoms with van der Waals surface area (Å²) in [5.74, 6) is -0.287. The first-order valence-corrected chi connectivity index (χ1v) is 9.40. The van der Waals surface area contributed by atoms with Gasteiger partial charge in [0.05, 0.1) is 17.7 Å². The van der Waals surface area contributed by atoms with Crippen LogP contribution in [0.25, 0.3) is 0 Å². The van der Waals surface area contributed by atoms with Gasteiger partial charge in [-0.25, -0.2) is 4.79 Å². The lowest BCUT2D eigenvalue weighted by Gasteiger charge is -2.23. The number of hydrogen-bond donors (Lipinski definition) is 0. The van der Waals surface area contributed by atoms with Gasteiger partial charge in [-0.1, -0.05) is 24.3 Å². The summed E-state index contributed by atoms with van der Waals surface area (Å²) >= 11 is 0. The number of rotatable bonds is 4. The van der Waals surface area contributed by atoms with Gasteiger partial charge in [0.15, 0.2) is 0 Å². The third-order valence-electron chi connectivity index (χ3n) is 5.19. The molecule has 4 rings (SSSR count). The molecular weight excluding hydrogens is 342 g/mol. The predicted octanol–water partition coefficient (Wildman–Crippen LogP) is 2.42. The molecule has 2 aliphatic heterocycles. The van der Waals surface area contributed by atoms with E-state index in [2.05, 4.69) is 9.88 Å². The van der Waals surface area contributed by atoms with Crippen LogP contribution in [-0.2, 0) is 16.1 Å². The van der Waals surface area contributed by atoms with Gasteiger partial charge in [0.25, 0.3) is 0 Å². The summed E-state index contributed by atoms with van der Waals surface area (Å²) < 4.78 is 5.42. The summed E-state index contributed by atoms with van der Waals surface area (Å²) in [7, 11) is 0. The molecule has 1 aromatic heterocycles. The maximum Gasteiger partial charge on any atom is 0.339 e. The third-order valence-corrected chi connectivity index (χ3v) is 5.19. The minimum atomic E-state index is -0.464. The lowest BCUT2D eigenvalue weighted by Crippen LogP contribution is -2.35. The largest absolute Gasteiger partial charge is 0.453 e. The lowest BCUT2D eigenvalue weighted by atomic mass is 10.0. The molecule has 1 atom stereocenters. The zero-order valence-corrected chi connectivity index (χ0v) is 15.2. The van der Waals surface area contributed by atoms with Crippen molar-refractivity contribution in [3.05, 3.63) is 65.5 Å². The van der Waals surface area contributed by atoms with Crippen LogP contribution < -0.4 is 0 Å². The summed E-state index contributed by atoms with van der Waals surface area (Å²) in [6.45, 7) is 4.00. The Hall–Kier alpha value is -2.73. The summed E-state index contributed by atoms with van der Waals surface area (Å²) in [5.41, 5.74) is 2.45. The number of aromatic nitrogens is 1. The Morgan fingerprint density at radius 2 is 1.93 bits per heavy atom. The van der Waals surface area contributed by atoms with Crippen molar-refractivity contribution < 1.29 is 14.3 Å². The molecule has 2 aromatic rings. The number of cyclic esters (lactones) is 1. The van der Waals surface area contributed by atoms with Gasteiger partial charge in [0.1, 0.15) is 6.10 Å². The van der Waals surface area contributed by atoms with E-state index in [9.17, 15) is 9.59 Å². The molecule has 140 valence electrons. The molecule has 2 aliphatic rings. The smallest absolute Gasteiger partial charge is 0.339 e. The van der Waals surface area contributed by atoms with Gasteiger partial charge in [0.2, 0.25) is 5.91 Å². The molecule has 1 amide bonds. The zero-order chi connectivity index (χ0) is 18.6. The van der Waals surface area contributed by atoms with Crippen molar-refractivity contribution in [3.8, 4) is 0 Å². The fourth-order valence-corrected chi connectivity index (χ4v) is 3.76. The molecule has 1 fully saturated rings. The SMILES string of the molecule is O=C1OC(CC(=O)N2CCCN(Cc3ccccn3)CC2)c2ccccc21. The monoisotopic (exact) mass is 365 g/mol. The summed E-state index contributed by atoms with van der Waals surface area (Å²) in [4.78, 5) is 33.4. The van der Waals surface area contributed by atoms with E-state index < -0.39 is 6.10 Å². The van der Waals surface area contributed by atoms with Crippen molar-refractivity contribution in [1.29, 1.82) is 0 Å². The average molecular weight is 365 g/mol. The number of amides is 1. The minimum absolute atomic E-state index is 0.0455. The van der Waals surface area contributed by atoms with E-state index in [0.29, 0.717) is 12.1 Å². The van der Waals surface area contributed by atoms with Gasteiger partial charge in [-0.05, 0) is 24.6 Å². The maximum atomic E-state index is 12.8. The zero-order valence-electron chi connectivity index (χ0n) is 15.2. The van der Waals surface area contributed by atoms with Gasteiger partial charge in [-0.3, -0.25) is 14.7 Å². The molecule has 0 aliphatic carbocycles. The molecule has 0 radical (unpaired) electrons. The van der Waals surface area contributed by atoms with E-state index in [-0.39, 0.29) is 18.3 Å². The van der Waals surface area contributed by atoms with E-state index in [1.165, 1.54) is 0 Å². The first kappa shape index (κ1) is 17.7. The second kappa shape index (κ2) is 7.88. The molecular formula is C21H23N3O3. The van der Waals surface area contributed by atoms with E-state index in [4.69, 9.17) is 4.74 Å². The number of pyridine rings is 1. The molecule has 6 nitrogen and oxygen atoms in total. The Labute approximate surface area is 158 Å². The average Bonchev–Trinajstić information content (AvgIpc) is 2.85. The van der Waals surface area contributed by atoms with Crippen molar-refractivity contribution in [2.75, 3.05) is 26.2 Å². The van der Waals surface area contributed by atoms with Crippen LogP contribution in [0.4, 0.5) is 0 Å². The van der Waals surface area contributed by atoms with Crippen LogP contribution in [-0.4, -0.2) is 52.8 Å². The highest BCUT2D eigenvalue weighted by Crippen LogP contribution is 2.33. The molecule has 0 N–H and O–H groups in total. The van der Waals surface area contributed by atoms with E-state index in [1.54, 1.807) is 6.07 Å². The summed E-state index contributed by atoms with van der Waals surface area (Å²) in [6, 6.07) is 13.3. The van der Waals surface area contributed by atoms with E-state index in [1.807, 2.05) is 47.5 Å². The fourth-order valence-electron chi connectivity index (χ4n) is 3.76. The van der Waals surface area contributed by atoms with Crippen molar-refractivity contribution in [1.82, 2.24) is 14.8 Å². The second-order valence-corrected chi connectivity index (χ2v) is 7.02. The van der Waals surface area contributed by atoms with Crippen LogP contribution in [0.5, 0.6) is 0 Å². The normalized spacial score (nSPS) is 20.1. The molecule has 27 heavy (non-hydrogen) atoms. The quantitative estimate of drug-likeness (QED) is 0.779. The van der Waals surface area contributed by atoms with Gasteiger partial charge < -0.3 is 9.64 Å². The number of ether oxygens (including phenoxy) is 1. The van der Waals surface area contributed by atoms with Gasteiger partial charge in [0, 0.05) is 44.5 Å². The Morgan fingerprint density at radius 3 is 2.78 bits per heavy atom. The highest BCUT2D eigenvalue weighted by molar-refractivity contribution is 5.94. The molecule has 6 heteroatoms. The van der Waals surface area contributed by atoms with Crippen molar-refractivity contribution in [2.24, 2.45) is 0 Å². The Balaban J connectivity index is 1.34. The number of fused-ring (bicyclic) bond motifs is 1. The van der Waals surface area contributed by atoms with E-state index >= 15 is 0 Å². The van der Waals surface area contributed by atoms with Crippen LogP contribution >= 0.6 is 0 Å². The summed E-state index contributed by atoms with van der Waals surface area (Å²) in [5, 5.41) is 0. The number of hydrogen-bond acceptors (Lipinski definition) is 5. The fraction of sp³-hybridized carbons (Fsp3) is 0.381. The van der Waals surface area contributed by atoms with Crippen LogP contribution in [0.3, 0.4) is 0 Å². The number of carbonyl (C=O) groups is 2. The van der Waals surface area contributed by atoms with Gasteiger partial charge in [-0.15, -0.1) is 0 Å².